The highest BCUT2D eigenvalue weighted by Gasteiger charge is 2.36. The average molecular weight is 465 g/mol. The quantitative estimate of drug-likeness (QED) is 0.339. The number of aromatic nitrogens is 5. The van der Waals surface area contributed by atoms with Gasteiger partial charge in [0.05, 0.1) is 41.9 Å². The topological polar surface area (TPSA) is 124 Å². The Hall–Kier alpha value is -3.67. The van der Waals surface area contributed by atoms with Crippen molar-refractivity contribution < 1.29 is 9.50 Å². The van der Waals surface area contributed by atoms with Crippen LogP contribution in [0, 0.1) is 5.82 Å². The van der Waals surface area contributed by atoms with Crippen LogP contribution < -0.4 is 16.4 Å². The number of nitrogens with one attached hydrogen (secondary N) is 3. The van der Waals surface area contributed by atoms with Gasteiger partial charge >= 0.3 is 0 Å². The fraction of sp³-hybridized carbons (Fsp3) is 0.304. The number of aliphatic hydroxyl groups is 1. The molecule has 2 aromatic carbocycles. The number of aliphatic hydroxyl groups excluding tert-OH is 1. The first kappa shape index (κ1) is 22.1. The Morgan fingerprint density at radius 1 is 1.21 bits per heavy atom. The maximum atomic E-state index is 14.4. The summed E-state index contributed by atoms with van der Waals surface area (Å²) in [4.78, 5) is 19.1. The molecule has 0 aliphatic carbocycles. The summed E-state index contributed by atoms with van der Waals surface area (Å²) in [6.07, 6.45) is 1.43. The van der Waals surface area contributed by atoms with Gasteiger partial charge in [-0.2, -0.15) is 10.2 Å². The molecule has 2 unspecified atom stereocenters. The second-order valence-corrected chi connectivity index (χ2v) is 8.58. The maximum absolute atomic E-state index is 14.4. The smallest absolute Gasteiger partial charge is 0.272 e. The van der Waals surface area contributed by atoms with Crippen molar-refractivity contribution in [3.05, 3.63) is 81.5 Å². The van der Waals surface area contributed by atoms with Gasteiger partial charge in [0.25, 0.3) is 5.56 Å². The monoisotopic (exact) mass is 464 g/mol. The average Bonchev–Trinajstić information content (AvgIpc) is 3.19. The molecule has 176 valence electrons. The van der Waals surface area contributed by atoms with Gasteiger partial charge in [-0.25, -0.2) is 24.6 Å². The molecule has 0 spiro atoms. The van der Waals surface area contributed by atoms with Gasteiger partial charge in [-0.15, -0.1) is 0 Å². The molecule has 0 saturated carbocycles. The summed E-state index contributed by atoms with van der Waals surface area (Å²) in [5, 5.41) is 21.4. The molecule has 0 amide bonds. The number of hydrazine groups is 1. The number of H-pyrrole nitrogens is 1. The summed E-state index contributed by atoms with van der Waals surface area (Å²) in [6, 6.07) is 10.3. The van der Waals surface area contributed by atoms with E-state index in [0.717, 1.165) is 17.7 Å². The first-order valence-corrected chi connectivity index (χ1v) is 10.9. The minimum absolute atomic E-state index is 0.116. The number of halogens is 1. The normalized spacial score (nSPS) is 17.7. The molecule has 34 heavy (non-hydrogen) atoms. The number of rotatable bonds is 6. The summed E-state index contributed by atoms with van der Waals surface area (Å²) < 4.78 is 16.0. The van der Waals surface area contributed by atoms with Crippen LogP contribution in [0.4, 0.5) is 10.1 Å². The molecule has 1 aliphatic rings. The van der Waals surface area contributed by atoms with Crippen LogP contribution in [-0.4, -0.2) is 55.7 Å². The van der Waals surface area contributed by atoms with E-state index < -0.39 is 23.3 Å². The predicted octanol–water partition coefficient (Wildman–Crippen LogP) is 1.51. The molecule has 4 N–H and O–H groups in total. The molecule has 2 aromatic heterocycles. The van der Waals surface area contributed by atoms with Crippen LogP contribution in [-0.2, 0) is 13.1 Å². The summed E-state index contributed by atoms with van der Waals surface area (Å²) in [5.74, 6) is -0.484. The molecule has 3 heterocycles. The van der Waals surface area contributed by atoms with Crippen molar-refractivity contribution in [1.29, 1.82) is 0 Å². The third-order valence-corrected chi connectivity index (χ3v) is 5.95. The van der Waals surface area contributed by atoms with E-state index in [-0.39, 0.29) is 18.5 Å². The Labute approximate surface area is 194 Å². The van der Waals surface area contributed by atoms with Crippen LogP contribution in [0.1, 0.15) is 34.6 Å². The van der Waals surface area contributed by atoms with E-state index in [2.05, 4.69) is 48.2 Å². The number of hydrogen-bond acceptors (Lipinski definition) is 8. The second-order valence-electron chi connectivity index (χ2n) is 8.58. The first-order valence-electron chi connectivity index (χ1n) is 10.9. The van der Waals surface area contributed by atoms with Gasteiger partial charge in [0, 0.05) is 11.9 Å². The largest absolute Gasteiger partial charge is 0.394 e. The zero-order valence-electron chi connectivity index (χ0n) is 18.8. The van der Waals surface area contributed by atoms with Crippen LogP contribution >= 0.6 is 0 Å². The molecule has 1 aliphatic heterocycles. The minimum Gasteiger partial charge on any atom is -0.394 e. The lowest BCUT2D eigenvalue weighted by Crippen LogP contribution is -2.32. The van der Waals surface area contributed by atoms with Crippen molar-refractivity contribution in [2.45, 2.75) is 25.0 Å². The molecule has 0 saturated heterocycles. The van der Waals surface area contributed by atoms with E-state index in [9.17, 15) is 14.3 Å². The van der Waals surface area contributed by atoms with Gasteiger partial charge in [-0.1, -0.05) is 24.3 Å². The van der Waals surface area contributed by atoms with Crippen molar-refractivity contribution in [2.24, 2.45) is 0 Å². The second kappa shape index (κ2) is 8.93. The molecule has 0 bridgehead atoms. The molecule has 11 heteroatoms. The van der Waals surface area contributed by atoms with Gasteiger partial charge in [-0.05, 0) is 37.4 Å². The lowest BCUT2D eigenvalue weighted by atomic mass is 9.87. The SMILES string of the molecule is CN(C)Cc1ccc(C2NNc3cc(F)cc4c(=O)[nH]nc(c34)C2c2ncnn2CCO)cc1. The lowest BCUT2D eigenvalue weighted by Gasteiger charge is -2.26. The lowest BCUT2D eigenvalue weighted by molar-refractivity contribution is 0.265. The third-order valence-electron chi connectivity index (χ3n) is 5.95. The van der Waals surface area contributed by atoms with Gasteiger partial charge in [0.15, 0.2) is 0 Å². The van der Waals surface area contributed by atoms with Crippen LogP contribution in [0.3, 0.4) is 0 Å². The van der Waals surface area contributed by atoms with Crippen molar-refractivity contribution in [2.75, 3.05) is 26.1 Å². The van der Waals surface area contributed by atoms with Crippen LogP contribution in [0.15, 0.2) is 47.5 Å². The zero-order chi connectivity index (χ0) is 23.8. The highest BCUT2D eigenvalue weighted by Crippen LogP contribution is 2.41. The van der Waals surface area contributed by atoms with E-state index in [1.807, 2.05) is 26.2 Å². The standard InChI is InChI=1S/C23H25FN8O2/c1-31(2)11-13-3-5-14(6-4-13)20-19(22-25-12-26-32(22)7-8-33)21-18-16(23(34)30-29-21)9-15(24)10-17(18)27-28-20/h3-6,9-10,12,19-20,27-28,33H,7-8,11H2,1-2H3,(H,30,34). The van der Waals surface area contributed by atoms with Crippen molar-refractivity contribution in [3.8, 4) is 0 Å². The highest BCUT2D eigenvalue weighted by atomic mass is 19.1. The van der Waals surface area contributed by atoms with E-state index in [0.29, 0.717) is 22.6 Å². The van der Waals surface area contributed by atoms with Gasteiger partial charge < -0.3 is 15.4 Å². The van der Waals surface area contributed by atoms with Crippen LogP contribution in [0.2, 0.25) is 0 Å². The molecule has 10 nitrogen and oxygen atoms in total. The summed E-state index contributed by atoms with van der Waals surface area (Å²) >= 11 is 0. The summed E-state index contributed by atoms with van der Waals surface area (Å²) in [6.45, 7) is 0.934. The number of nitrogens with zero attached hydrogens (tertiary/aromatic N) is 5. The minimum atomic E-state index is -0.536. The van der Waals surface area contributed by atoms with E-state index >= 15 is 0 Å². The Morgan fingerprint density at radius 2 is 2.00 bits per heavy atom. The predicted molar refractivity (Wildman–Crippen MR) is 125 cm³/mol. The molecule has 4 aromatic rings. The molecule has 0 fully saturated rings. The molecular formula is C23H25FN8O2. The maximum Gasteiger partial charge on any atom is 0.272 e. The Kier molecular flexibility index (Phi) is 5.82. The van der Waals surface area contributed by atoms with Crippen molar-refractivity contribution in [1.82, 2.24) is 35.3 Å². The van der Waals surface area contributed by atoms with Gasteiger partial charge in [0.1, 0.15) is 18.0 Å². The Balaban J connectivity index is 1.71. The first-order chi connectivity index (χ1) is 16.5. The van der Waals surface area contributed by atoms with Crippen molar-refractivity contribution >= 4 is 16.5 Å². The third kappa shape index (κ3) is 3.94. The molecule has 5 rings (SSSR count). The number of anilines is 1. The summed E-state index contributed by atoms with van der Waals surface area (Å²) in [7, 11) is 4.02. The Bertz CT molecular complexity index is 1380. The van der Waals surface area contributed by atoms with E-state index in [1.54, 1.807) is 4.68 Å². The zero-order valence-corrected chi connectivity index (χ0v) is 18.8. The number of benzene rings is 2. The van der Waals surface area contributed by atoms with Gasteiger partial charge in [0.2, 0.25) is 0 Å². The van der Waals surface area contributed by atoms with Crippen molar-refractivity contribution in [3.63, 3.8) is 0 Å². The van der Waals surface area contributed by atoms with E-state index in [1.165, 1.54) is 18.5 Å². The fourth-order valence-corrected chi connectivity index (χ4v) is 4.53. The molecule has 0 radical (unpaired) electrons. The van der Waals surface area contributed by atoms with Crippen LogP contribution in [0.25, 0.3) is 10.8 Å². The van der Waals surface area contributed by atoms with Gasteiger partial charge in [-0.3, -0.25) is 4.79 Å². The molecule has 2 atom stereocenters. The Morgan fingerprint density at radius 3 is 2.74 bits per heavy atom. The number of aromatic amines is 1. The number of hydrogen-bond donors (Lipinski definition) is 4. The van der Waals surface area contributed by atoms with Crippen LogP contribution in [0.5, 0.6) is 0 Å². The fourth-order valence-electron chi connectivity index (χ4n) is 4.53. The molecular weight excluding hydrogens is 439 g/mol. The summed E-state index contributed by atoms with van der Waals surface area (Å²) in [5.41, 5.74) is 8.94. The highest BCUT2D eigenvalue weighted by molar-refractivity contribution is 5.96. The van der Waals surface area contributed by atoms with E-state index in [4.69, 9.17) is 0 Å².